The Hall–Kier alpha value is -2.42. The third kappa shape index (κ3) is 4.05. The van der Waals surface area contributed by atoms with Gasteiger partial charge in [-0.05, 0) is 24.6 Å². The summed E-state index contributed by atoms with van der Waals surface area (Å²) in [7, 11) is 0. The van der Waals surface area contributed by atoms with E-state index in [1.165, 1.54) is 0 Å². The van der Waals surface area contributed by atoms with E-state index in [0.29, 0.717) is 5.56 Å². The van der Waals surface area contributed by atoms with E-state index in [-0.39, 0.29) is 18.8 Å². The van der Waals surface area contributed by atoms with Gasteiger partial charge in [-0.15, -0.1) is 0 Å². The standard InChI is InChI=1S/C17H16O3/c1-13-7-9-14(10-8-13)11-16(18)12-20-17(19)15-5-3-2-4-6-15/h2-10H,11-12H2,1H3. The Balaban J connectivity index is 1.83. The van der Waals surface area contributed by atoms with Crippen LogP contribution in [0.15, 0.2) is 54.6 Å². The zero-order valence-electron chi connectivity index (χ0n) is 11.3. The summed E-state index contributed by atoms with van der Waals surface area (Å²) in [5.74, 6) is -0.582. The highest BCUT2D eigenvalue weighted by Gasteiger charge is 2.10. The number of rotatable bonds is 5. The van der Waals surface area contributed by atoms with Crippen molar-refractivity contribution in [1.82, 2.24) is 0 Å². The summed E-state index contributed by atoms with van der Waals surface area (Å²) in [5, 5.41) is 0. The Morgan fingerprint density at radius 2 is 1.60 bits per heavy atom. The number of hydrogen-bond donors (Lipinski definition) is 0. The topological polar surface area (TPSA) is 43.4 Å². The molecule has 20 heavy (non-hydrogen) atoms. The van der Waals surface area contributed by atoms with Gasteiger partial charge < -0.3 is 4.74 Å². The zero-order valence-corrected chi connectivity index (χ0v) is 11.3. The Morgan fingerprint density at radius 3 is 2.25 bits per heavy atom. The van der Waals surface area contributed by atoms with Crippen LogP contribution >= 0.6 is 0 Å². The largest absolute Gasteiger partial charge is 0.454 e. The first-order chi connectivity index (χ1) is 9.65. The molecule has 2 rings (SSSR count). The number of ether oxygens (including phenoxy) is 1. The third-order valence-electron chi connectivity index (χ3n) is 2.90. The number of Topliss-reactive ketones (excluding diaryl/α,β-unsaturated/α-hetero) is 1. The molecular formula is C17H16O3. The van der Waals surface area contributed by atoms with Crippen molar-refractivity contribution in [3.63, 3.8) is 0 Å². The fourth-order valence-electron chi connectivity index (χ4n) is 1.79. The monoisotopic (exact) mass is 268 g/mol. The molecule has 2 aromatic carbocycles. The van der Waals surface area contributed by atoms with Crippen LogP contribution in [-0.2, 0) is 16.0 Å². The van der Waals surface area contributed by atoms with Gasteiger partial charge in [-0.1, -0.05) is 48.0 Å². The molecule has 0 unspecified atom stereocenters. The van der Waals surface area contributed by atoms with Crippen LogP contribution in [0.25, 0.3) is 0 Å². The van der Waals surface area contributed by atoms with Gasteiger partial charge in [0, 0.05) is 6.42 Å². The second kappa shape index (κ2) is 6.66. The Morgan fingerprint density at radius 1 is 0.950 bits per heavy atom. The predicted octanol–water partition coefficient (Wildman–Crippen LogP) is 2.96. The average molecular weight is 268 g/mol. The van der Waals surface area contributed by atoms with Crippen LogP contribution in [0.3, 0.4) is 0 Å². The molecule has 102 valence electrons. The molecule has 3 heteroatoms. The van der Waals surface area contributed by atoms with E-state index < -0.39 is 5.97 Å². The maximum Gasteiger partial charge on any atom is 0.338 e. The molecule has 0 saturated heterocycles. The number of hydrogen-bond acceptors (Lipinski definition) is 3. The Bertz CT molecular complexity index is 585. The highest BCUT2D eigenvalue weighted by atomic mass is 16.5. The summed E-state index contributed by atoms with van der Waals surface area (Å²) >= 11 is 0. The molecule has 0 radical (unpaired) electrons. The van der Waals surface area contributed by atoms with Gasteiger partial charge in [0.05, 0.1) is 5.56 Å². The minimum Gasteiger partial charge on any atom is -0.454 e. The van der Waals surface area contributed by atoms with E-state index in [1.54, 1.807) is 24.3 Å². The van der Waals surface area contributed by atoms with E-state index in [9.17, 15) is 9.59 Å². The lowest BCUT2D eigenvalue weighted by Crippen LogP contribution is -2.15. The molecule has 0 spiro atoms. The molecule has 0 saturated carbocycles. The molecule has 0 N–H and O–H groups in total. The van der Waals surface area contributed by atoms with E-state index in [0.717, 1.165) is 11.1 Å². The SMILES string of the molecule is Cc1ccc(CC(=O)COC(=O)c2ccccc2)cc1. The molecular weight excluding hydrogens is 252 g/mol. The van der Waals surface area contributed by atoms with Crippen molar-refractivity contribution >= 4 is 11.8 Å². The van der Waals surface area contributed by atoms with Crippen LogP contribution in [0.5, 0.6) is 0 Å². The van der Waals surface area contributed by atoms with E-state index >= 15 is 0 Å². The van der Waals surface area contributed by atoms with Gasteiger partial charge in [0.1, 0.15) is 0 Å². The number of aryl methyl sites for hydroxylation is 1. The van der Waals surface area contributed by atoms with Crippen molar-refractivity contribution in [2.45, 2.75) is 13.3 Å². The summed E-state index contributed by atoms with van der Waals surface area (Å²) in [5.41, 5.74) is 2.53. The lowest BCUT2D eigenvalue weighted by molar-refractivity contribution is -0.121. The maximum absolute atomic E-state index is 11.8. The number of carbonyl (C=O) groups excluding carboxylic acids is 2. The van der Waals surface area contributed by atoms with Gasteiger partial charge in [0.2, 0.25) is 0 Å². The molecule has 0 aliphatic carbocycles. The van der Waals surface area contributed by atoms with Crippen LogP contribution < -0.4 is 0 Å². The molecule has 0 aliphatic heterocycles. The van der Waals surface area contributed by atoms with Crippen LogP contribution in [0, 0.1) is 6.92 Å². The quantitative estimate of drug-likeness (QED) is 0.783. The second-order valence-corrected chi connectivity index (χ2v) is 4.64. The third-order valence-corrected chi connectivity index (χ3v) is 2.90. The summed E-state index contributed by atoms with van der Waals surface area (Å²) < 4.78 is 5.00. The zero-order chi connectivity index (χ0) is 14.4. The Labute approximate surface area is 118 Å². The minimum absolute atomic E-state index is 0.113. The van der Waals surface area contributed by atoms with Crippen LogP contribution in [0.1, 0.15) is 21.5 Å². The van der Waals surface area contributed by atoms with Gasteiger partial charge in [-0.2, -0.15) is 0 Å². The van der Waals surface area contributed by atoms with E-state index in [1.807, 2.05) is 37.3 Å². The molecule has 3 nitrogen and oxygen atoms in total. The number of ketones is 1. The lowest BCUT2D eigenvalue weighted by Gasteiger charge is -2.04. The van der Waals surface area contributed by atoms with Gasteiger partial charge in [-0.3, -0.25) is 4.79 Å². The van der Waals surface area contributed by atoms with Crippen molar-refractivity contribution < 1.29 is 14.3 Å². The molecule has 0 amide bonds. The Kier molecular flexibility index (Phi) is 4.66. The molecule has 0 atom stereocenters. The lowest BCUT2D eigenvalue weighted by atomic mass is 10.1. The molecule has 0 aromatic heterocycles. The first-order valence-electron chi connectivity index (χ1n) is 6.44. The fraction of sp³-hybridized carbons (Fsp3) is 0.176. The molecule has 0 heterocycles. The number of esters is 1. The normalized spacial score (nSPS) is 10.1. The number of carbonyl (C=O) groups is 2. The van der Waals surface area contributed by atoms with Crippen LogP contribution in [-0.4, -0.2) is 18.4 Å². The summed E-state index contributed by atoms with van der Waals surface area (Å²) in [6, 6.07) is 16.4. The van der Waals surface area contributed by atoms with Crippen molar-refractivity contribution in [3.05, 3.63) is 71.3 Å². The molecule has 0 fully saturated rings. The van der Waals surface area contributed by atoms with Gasteiger partial charge in [-0.25, -0.2) is 4.79 Å². The van der Waals surface area contributed by atoms with E-state index in [2.05, 4.69) is 0 Å². The highest BCUT2D eigenvalue weighted by molar-refractivity contribution is 5.91. The summed E-state index contributed by atoms with van der Waals surface area (Å²) in [4.78, 5) is 23.4. The first kappa shape index (κ1) is 14.0. The van der Waals surface area contributed by atoms with Gasteiger partial charge >= 0.3 is 5.97 Å². The van der Waals surface area contributed by atoms with Gasteiger partial charge in [0.15, 0.2) is 12.4 Å². The predicted molar refractivity (Wildman–Crippen MR) is 76.6 cm³/mol. The molecule has 0 bridgehead atoms. The van der Waals surface area contributed by atoms with Crippen molar-refractivity contribution in [3.8, 4) is 0 Å². The van der Waals surface area contributed by atoms with E-state index in [4.69, 9.17) is 4.74 Å². The van der Waals surface area contributed by atoms with Crippen molar-refractivity contribution in [2.75, 3.05) is 6.61 Å². The first-order valence-corrected chi connectivity index (χ1v) is 6.44. The minimum atomic E-state index is -0.470. The van der Waals surface area contributed by atoms with Crippen LogP contribution in [0.2, 0.25) is 0 Å². The van der Waals surface area contributed by atoms with Crippen molar-refractivity contribution in [2.24, 2.45) is 0 Å². The average Bonchev–Trinajstić information content (AvgIpc) is 2.48. The van der Waals surface area contributed by atoms with Crippen molar-refractivity contribution in [1.29, 1.82) is 0 Å². The highest BCUT2D eigenvalue weighted by Crippen LogP contribution is 2.05. The maximum atomic E-state index is 11.8. The second-order valence-electron chi connectivity index (χ2n) is 4.64. The van der Waals surface area contributed by atoms with Gasteiger partial charge in [0.25, 0.3) is 0 Å². The fourth-order valence-corrected chi connectivity index (χ4v) is 1.79. The summed E-state index contributed by atoms with van der Waals surface area (Å²) in [6.07, 6.45) is 0.280. The summed E-state index contributed by atoms with van der Waals surface area (Å²) in [6.45, 7) is 1.80. The molecule has 0 aliphatic rings. The molecule has 2 aromatic rings. The number of benzene rings is 2. The van der Waals surface area contributed by atoms with Crippen LogP contribution in [0.4, 0.5) is 0 Å². The smallest absolute Gasteiger partial charge is 0.338 e.